The van der Waals surface area contributed by atoms with Gasteiger partial charge in [-0.25, -0.2) is 22.6 Å². The van der Waals surface area contributed by atoms with E-state index in [1.54, 1.807) is 12.3 Å². The number of benzene rings is 1. The lowest BCUT2D eigenvalue weighted by atomic mass is 10.1. The molecule has 7 nitrogen and oxygen atoms in total. The van der Waals surface area contributed by atoms with E-state index < -0.39 is 31.4 Å². The highest BCUT2D eigenvalue weighted by Gasteiger charge is 2.33. The highest BCUT2D eigenvalue weighted by molar-refractivity contribution is 7.94. The van der Waals surface area contributed by atoms with Crippen molar-refractivity contribution in [3.05, 3.63) is 42.5 Å². The van der Waals surface area contributed by atoms with Crippen molar-refractivity contribution in [3.8, 4) is 11.3 Å². The molecule has 1 aromatic carbocycles. The molecule has 0 aliphatic heterocycles. The van der Waals surface area contributed by atoms with Crippen LogP contribution >= 0.6 is 0 Å². The van der Waals surface area contributed by atoms with E-state index in [1.807, 2.05) is 0 Å². The van der Waals surface area contributed by atoms with Crippen LogP contribution in [0.5, 0.6) is 0 Å². The molecule has 1 unspecified atom stereocenters. The number of hydrogen-bond acceptors (Lipinski definition) is 6. The summed E-state index contributed by atoms with van der Waals surface area (Å²) in [5, 5.41) is 0.00665. The van der Waals surface area contributed by atoms with Gasteiger partial charge in [-0.3, -0.25) is 4.40 Å². The highest BCUT2D eigenvalue weighted by atomic mass is 32.2. The quantitative estimate of drug-likeness (QED) is 0.557. The van der Waals surface area contributed by atoms with Gasteiger partial charge in [-0.15, -0.1) is 0 Å². The van der Waals surface area contributed by atoms with Crippen molar-refractivity contribution in [1.82, 2.24) is 14.4 Å². The van der Waals surface area contributed by atoms with Crippen LogP contribution in [-0.4, -0.2) is 44.3 Å². The molecule has 1 aliphatic rings. The number of rotatable bonds is 5. The van der Waals surface area contributed by atoms with Crippen LogP contribution in [-0.2, 0) is 25.7 Å². The minimum Gasteiger partial charge on any atom is -0.290 e. The Hall–Kier alpha value is -2.47. The number of aromatic nitrogens is 3. The fourth-order valence-electron chi connectivity index (χ4n) is 3.16. The van der Waals surface area contributed by atoms with Crippen LogP contribution in [0.2, 0.25) is 0 Å². The van der Waals surface area contributed by atoms with Crippen molar-refractivity contribution in [3.63, 3.8) is 0 Å². The number of halogens is 3. The monoisotopic (exact) mass is 472 g/mol. The maximum absolute atomic E-state index is 12.9. The van der Waals surface area contributed by atoms with Gasteiger partial charge < -0.3 is 0 Å². The molecule has 1 saturated carbocycles. The van der Waals surface area contributed by atoms with Crippen LogP contribution in [0.1, 0.15) is 25.5 Å². The molecule has 0 N–H and O–H groups in total. The van der Waals surface area contributed by atoms with Crippen LogP contribution in [0.3, 0.4) is 0 Å². The zero-order valence-corrected chi connectivity index (χ0v) is 18.3. The van der Waals surface area contributed by atoms with Crippen molar-refractivity contribution >= 4 is 30.9 Å². The molecular formula is C19H19F3N4O3S2. The summed E-state index contributed by atoms with van der Waals surface area (Å²) >= 11 is 0. The van der Waals surface area contributed by atoms with Crippen molar-refractivity contribution in [2.24, 2.45) is 4.36 Å². The van der Waals surface area contributed by atoms with E-state index in [4.69, 9.17) is 0 Å². The first kappa shape index (κ1) is 21.8. The molecule has 2 aromatic heterocycles. The van der Waals surface area contributed by atoms with Crippen LogP contribution in [0.4, 0.5) is 18.9 Å². The van der Waals surface area contributed by atoms with Crippen molar-refractivity contribution in [1.29, 1.82) is 0 Å². The SMILES string of the molecule is CCS(=O)(=O)c1cc(N=S(C)(=O)C2CC2)ccc1-c1cn2cnc(C(F)(F)F)cc2n1. The van der Waals surface area contributed by atoms with Crippen LogP contribution < -0.4 is 0 Å². The molecule has 0 saturated heterocycles. The Bertz CT molecular complexity index is 1400. The first-order chi connectivity index (χ1) is 14.4. The Labute approximate surface area is 177 Å². The van der Waals surface area contributed by atoms with E-state index >= 15 is 0 Å². The predicted molar refractivity (Wildman–Crippen MR) is 110 cm³/mol. The molecule has 3 aromatic rings. The second kappa shape index (κ2) is 7.30. The van der Waals surface area contributed by atoms with Gasteiger partial charge in [-0.1, -0.05) is 6.92 Å². The number of alkyl halides is 3. The van der Waals surface area contributed by atoms with Gasteiger partial charge in [0.2, 0.25) is 0 Å². The molecule has 0 amide bonds. The third-order valence-corrected chi connectivity index (χ3v) is 9.07. The normalized spacial score (nSPS) is 16.9. The lowest BCUT2D eigenvalue weighted by Crippen LogP contribution is -2.08. The highest BCUT2D eigenvalue weighted by Crippen LogP contribution is 2.35. The Morgan fingerprint density at radius 3 is 2.52 bits per heavy atom. The summed E-state index contributed by atoms with van der Waals surface area (Å²) in [5.41, 5.74) is -0.423. The van der Waals surface area contributed by atoms with Crippen LogP contribution in [0.15, 0.2) is 46.0 Å². The summed E-state index contributed by atoms with van der Waals surface area (Å²) in [7, 11) is -6.21. The standard InChI is InChI=1S/C19H19F3N4O3S2/c1-3-31(28,29)16-8-12(25-30(2,27)13-5-6-13)4-7-14(16)15-10-26-11-23-17(19(20,21)22)9-18(26)24-15/h4,7-11,13H,3,5-6H2,1-2H3. The summed E-state index contributed by atoms with van der Waals surface area (Å²) < 4.78 is 82.6. The van der Waals surface area contributed by atoms with Gasteiger partial charge in [0, 0.05) is 29.3 Å². The second-order valence-corrected chi connectivity index (χ2v) is 12.2. The van der Waals surface area contributed by atoms with E-state index in [1.165, 1.54) is 29.7 Å². The molecule has 1 aliphatic carbocycles. The Morgan fingerprint density at radius 2 is 1.90 bits per heavy atom. The zero-order valence-electron chi connectivity index (χ0n) is 16.6. The lowest BCUT2D eigenvalue weighted by Gasteiger charge is -2.09. The number of nitrogens with zero attached hydrogens (tertiary/aromatic N) is 4. The third-order valence-electron chi connectivity index (χ3n) is 5.02. The maximum Gasteiger partial charge on any atom is 0.433 e. The van der Waals surface area contributed by atoms with E-state index in [9.17, 15) is 25.8 Å². The van der Waals surface area contributed by atoms with Gasteiger partial charge >= 0.3 is 6.18 Å². The summed E-state index contributed by atoms with van der Waals surface area (Å²) in [4.78, 5) is 7.50. The molecule has 0 bridgehead atoms. The summed E-state index contributed by atoms with van der Waals surface area (Å²) in [6, 6.07) is 5.18. The van der Waals surface area contributed by atoms with Crippen molar-refractivity contribution < 1.29 is 25.8 Å². The molecule has 0 spiro atoms. The van der Waals surface area contributed by atoms with Gasteiger partial charge in [-0.05, 0) is 31.0 Å². The Kier molecular flexibility index (Phi) is 5.12. The molecule has 166 valence electrons. The first-order valence-electron chi connectivity index (χ1n) is 9.41. The second-order valence-electron chi connectivity index (χ2n) is 7.40. The third kappa shape index (κ3) is 4.31. The van der Waals surface area contributed by atoms with Gasteiger partial charge in [-0.2, -0.15) is 17.5 Å². The number of imidazole rings is 1. The predicted octanol–water partition coefficient (Wildman–Crippen LogP) is 4.10. The number of fused-ring (bicyclic) bond motifs is 1. The van der Waals surface area contributed by atoms with Gasteiger partial charge in [0.15, 0.2) is 9.84 Å². The van der Waals surface area contributed by atoms with Gasteiger partial charge in [0.25, 0.3) is 0 Å². The van der Waals surface area contributed by atoms with E-state index in [2.05, 4.69) is 14.3 Å². The Morgan fingerprint density at radius 1 is 1.19 bits per heavy atom. The minimum absolute atomic E-state index is 0.00665. The first-order valence-corrected chi connectivity index (χ1v) is 13.0. The molecule has 1 atom stereocenters. The summed E-state index contributed by atoms with van der Waals surface area (Å²) in [6.45, 7) is 1.49. The smallest absolute Gasteiger partial charge is 0.290 e. The molecule has 2 heterocycles. The molecule has 0 radical (unpaired) electrons. The fraction of sp³-hybridized carbons (Fsp3) is 0.368. The average molecular weight is 473 g/mol. The lowest BCUT2D eigenvalue weighted by molar-refractivity contribution is -0.141. The number of hydrogen-bond donors (Lipinski definition) is 0. The largest absolute Gasteiger partial charge is 0.433 e. The minimum atomic E-state index is -4.62. The maximum atomic E-state index is 12.9. The van der Waals surface area contributed by atoms with E-state index in [0.717, 1.165) is 25.2 Å². The van der Waals surface area contributed by atoms with Gasteiger partial charge in [0.1, 0.15) is 17.7 Å². The van der Waals surface area contributed by atoms with E-state index in [0.29, 0.717) is 0 Å². The van der Waals surface area contributed by atoms with E-state index in [-0.39, 0.29) is 38.5 Å². The van der Waals surface area contributed by atoms with Crippen LogP contribution in [0.25, 0.3) is 16.9 Å². The summed E-state index contributed by atoms with van der Waals surface area (Å²) in [6.07, 6.45) is 0.978. The molecule has 31 heavy (non-hydrogen) atoms. The zero-order chi connectivity index (χ0) is 22.6. The Balaban J connectivity index is 1.87. The average Bonchev–Trinajstić information content (AvgIpc) is 3.47. The molecular weight excluding hydrogens is 453 g/mol. The van der Waals surface area contributed by atoms with Crippen LogP contribution in [0, 0.1) is 0 Å². The molecule has 12 heteroatoms. The number of sulfone groups is 1. The molecule has 1 fully saturated rings. The fourth-order valence-corrected chi connectivity index (χ4v) is 5.97. The van der Waals surface area contributed by atoms with Crippen molar-refractivity contribution in [2.75, 3.05) is 12.0 Å². The van der Waals surface area contributed by atoms with Crippen molar-refractivity contribution in [2.45, 2.75) is 36.1 Å². The topological polar surface area (TPSA) is 93.8 Å². The van der Waals surface area contributed by atoms with Gasteiger partial charge in [0.05, 0.1) is 31.8 Å². The molecule has 4 rings (SSSR count). The summed E-state index contributed by atoms with van der Waals surface area (Å²) in [5.74, 6) is -0.194.